The second kappa shape index (κ2) is 6.91. The van der Waals surface area contributed by atoms with E-state index < -0.39 is 0 Å². The molecule has 1 amide bonds. The minimum Gasteiger partial charge on any atom is -0.392 e. The minimum absolute atomic E-state index is 0.0485. The Balaban J connectivity index is 1.93. The third-order valence-corrected chi connectivity index (χ3v) is 4.53. The zero-order chi connectivity index (χ0) is 13.7. The van der Waals surface area contributed by atoms with Gasteiger partial charge < -0.3 is 10.6 Å². The number of piperidine rings is 1. The van der Waals surface area contributed by atoms with E-state index in [0.717, 1.165) is 30.7 Å². The van der Waals surface area contributed by atoms with Crippen LogP contribution < -0.4 is 5.73 Å². The van der Waals surface area contributed by atoms with E-state index in [2.05, 4.69) is 0 Å². The summed E-state index contributed by atoms with van der Waals surface area (Å²) in [5, 5.41) is 0. The zero-order valence-corrected chi connectivity index (χ0v) is 12.4. The topological polar surface area (TPSA) is 46.3 Å². The van der Waals surface area contributed by atoms with Gasteiger partial charge in [0.2, 0.25) is 5.91 Å². The van der Waals surface area contributed by atoms with Gasteiger partial charge in [0.25, 0.3) is 0 Å². The Morgan fingerprint density at radius 2 is 2.11 bits per heavy atom. The van der Waals surface area contributed by atoms with Gasteiger partial charge in [0.05, 0.1) is 16.8 Å². The van der Waals surface area contributed by atoms with Crippen LogP contribution in [0.15, 0.2) is 35.2 Å². The maximum Gasteiger partial charge on any atom is 0.233 e. The number of thiocarbonyl (C=S) groups is 1. The highest BCUT2D eigenvalue weighted by Crippen LogP contribution is 2.21. The average molecular weight is 294 g/mol. The zero-order valence-electron chi connectivity index (χ0n) is 10.7. The molecule has 0 aromatic heterocycles. The van der Waals surface area contributed by atoms with Crippen LogP contribution in [0.4, 0.5) is 0 Å². The number of likely N-dealkylation sites (tertiary alicyclic amines) is 1. The average Bonchev–Trinajstić information content (AvgIpc) is 2.46. The predicted octanol–water partition coefficient (Wildman–Crippen LogP) is 2.45. The number of amides is 1. The van der Waals surface area contributed by atoms with E-state index in [-0.39, 0.29) is 11.9 Å². The number of thioether (sulfide) groups is 1. The molecule has 2 N–H and O–H groups in total. The first-order valence-corrected chi connectivity index (χ1v) is 7.84. The van der Waals surface area contributed by atoms with E-state index in [9.17, 15) is 4.79 Å². The van der Waals surface area contributed by atoms with E-state index in [1.807, 2.05) is 35.2 Å². The molecule has 0 bridgehead atoms. The summed E-state index contributed by atoms with van der Waals surface area (Å²) in [6, 6.07) is 9.90. The van der Waals surface area contributed by atoms with E-state index in [1.165, 1.54) is 0 Å². The first-order chi connectivity index (χ1) is 9.18. The van der Waals surface area contributed by atoms with Crippen molar-refractivity contribution >= 4 is 34.9 Å². The van der Waals surface area contributed by atoms with Crippen molar-refractivity contribution in [2.45, 2.75) is 30.2 Å². The van der Waals surface area contributed by atoms with Crippen LogP contribution in [0, 0.1) is 0 Å². The van der Waals surface area contributed by atoms with Gasteiger partial charge in [-0.15, -0.1) is 11.8 Å². The predicted molar refractivity (Wildman–Crippen MR) is 83.3 cm³/mol. The van der Waals surface area contributed by atoms with Crippen molar-refractivity contribution in [3.05, 3.63) is 30.3 Å². The Morgan fingerprint density at radius 3 is 2.79 bits per heavy atom. The minimum atomic E-state index is -0.0485. The van der Waals surface area contributed by atoms with Gasteiger partial charge >= 0.3 is 0 Å². The lowest BCUT2D eigenvalue weighted by Gasteiger charge is -2.35. The van der Waals surface area contributed by atoms with Gasteiger partial charge in [-0.1, -0.05) is 30.4 Å². The van der Waals surface area contributed by atoms with Gasteiger partial charge in [-0.2, -0.15) is 0 Å². The summed E-state index contributed by atoms with van der Waals surface area (Å²) < 4.78 is 0. The maximum atomic E-state index is 12.3. The Morgan fingerprint density at radius 1 is 1.37 bits per heavy atom. The van der Waals surface area contributed by atoms with Crippen LogP contribution in [0.1, 0.15) is 19.3 Å². The molecular weight excluding hydrogens is 276 g/mol. The van der Waals surface area contributed by atoms with Crippen molar-refractivity contribution in [2.75, 3.05) is 12.3 Å². The van der Waals surface area contributed by atoms with E-state index in [0.29, 0.717) is 10.7 Å². The molecule has 0 spiro atoms. The lowest BCUT2D eigenvalue weighted by molar-refractivity contribution is -0.130. The molecule has 1 aliphatic rings. The van der Waals surface area contributed by atoms with Gasteiger partial charge in [-0.05, 0) is 31.4 Å². The number of carbonyl (C=O) groups is 1. The molecule has 1 aliphatic heterocycles. The molecule has 1 fully saturated rings. The fourth-order valence-electron chi connectivity index (χ4n) is 2.27. The van der Waals surface area contributed by atoms with Crippen LogP contribution in [0.3, 0.4) is 0 Å². The molecule has 0 saturated carbocycles. The smallest absolute Gasteiger partial charge is 0.233 e. The van der Waals surface area contributed by atoms with Crippen molar-refractivity contribution in [3.8, 4) is 0 Å². The molecule has 1 atom stereocenters. The van der Waals surface area contributed by atoms with Crippen molar-refractivity contribution < 1.29 is 4.79 Å². The maximum absolute atomic E-state index is 12.3. The molecule has 1 aromatic rings. The van der Waals surface area contributed by atoms with Crippen LogP contribution in [0.5, 0.6) is 0 Å². The quantitative estimate of drug-likeness (QED) is 0.684. The highest BCUT2D eigenvalue weighted by Gasteiger charge is 2.28. The monoisotopic (exact) mass is 294 g/mol. The number of nitrogens with two attached hydrogens (primary N) is 1. The third-order valence-electron chi connectivity index (χ3n) is 3.26. The Hall–Kier alpha value is -1.07. The highest BCUT2D eigenvalue weighted by molar-refractivity contribution is 8.00. The second-order valence-electron chi connectivity index (χ2n) is 4.60. The Bertz CT molecular complexity index is 450. The second-order valence-corrected chi connectivity index (χ2v) is 6.12. The lowest BCUT2D eigenvalue weighted by atomic mass is 10.0. The number of carbonyl (C=O) groups excluding carboxylic acids is 1. The van der Waals surface area contributed by atoms with E-state index in [4.69, 9.17) is 18.0 Å². The van der Waals surface area contributed by atoms with Crippen molar-refractivity contribution in [1.29, 1.82) is 0 Å². The number of hydrogen-bond donors (Lipinski definition) is 1. The van der Waals surface area contributed by atoms with Gasteiger partial charge in [0, 0.05) is 11.4 Å². The van der Waals surface area contributed by atoms with Crippen LogP contribution >= 0.6 is 24.0 Å². The summed E-state index contributed by atoms with van der Waals surface area (Å²) in [4.78, 5) is 15.7. The number of hydrogen-bond acceptors (Lipinski definition) is 3. The molecule has 1 saturated heterocycles. The molecule has 102 valence electrons. The third kappa shape index (κ3) is 3.94. The van der Waals surface area contributed by atoms with E-state index >= 15 is 0 Å². The van der Waals surface area contributed by atoms with Crippen molar-refractivity contribution in [1.82, 2.24) is 4.90 Å². The first-order valence-electron chi connectivity index (χ1n) is 6.45. The molecule has 2 rings (SSSR count). The Labute approximate surface area is 123 Å². The number of benzene rings is 1. The summed E-state index contributed by atoms with van der Waals surface area (Å²) in [6.07, 6.45) is 3.04. The van der Waals surface area contributed by atoms with Gasteiger partial charge in [0.1, 0.15) is 0 Å². The summed E-state index contributed by atoms with van der Waals surface area (Å²) in [5.41, 5.74) is 5.73. The largest absolute Gasteiger partial charge is 0.392 e. The highest BCUT2D eigenvalue weighted by atomic mass is 32.2. The van der Waals surface area contributed by atoms with Crippen LogP contribution in [-0.4, -0.2) is 34.1 Å². The summed E-state index contributed by atoms with van der Waals surface area (Å²) >= 11 is 6.63. The van der Waals surface area contributed by atoms with E-state index in [1.54, 1.807) is 11.8 Å². The van der Waals surface area contributed by atoms with Gasteiger partial charge in [-0.25, -0.2) is 0 Å². The molecule has 19 heavy (non-hydrogen) atoms. The van der Waals surface area contributed by atoms with Crippen molar-refractivity contribution in [3.63, 3.8) is 0 Å². The normalized spacial score (nSPS) is 19.2. The van der Waals surface area contributed by atoms with Crippen LogP contribution in [-0.2, 0) is 4.79 Å². The number of rotatable bonds is 4. The summed E-state index contributed by atoms with van der Waals surface area (Å²) in [5.74, 6) is 0.578. The fourth-order valence-corrected chi connectivity index (χ4v) is 3.32. The molecule has 0 radical (unpaired) electrons. The molecule has 1 heterocycles. The summed E-state index contributed by atoms with van der Waals surface area (Å²) in [7, 11) is 0. The standard InChI is InChI=1S/C14H18N2OS2/c15-14(18)12-8-4-5-9-16(12)13(17)10-19-11-6-2-1-3-7-11/h1-3,6-7,12H,4-5,8-10H2,(H2,15,18). The van der Waals surface area contributed by atoms with Gasteiger partial charge in [-0.3, -0.25) is 4.79 Å². The van der Waals surface area contributed by atoms with Crippen LogP contribution in [0.25, 0.3) is 0 Å². The number of nitrogens with zero attached hydrogens (tertiary/aromatic N) is 1. The molecule has 0 aliphatic carbocycles. The molecule has 3 nitrogen and oxygen atoms in total. The molecule has 5 heteroatoms. The molecular formula is C14H18N2OS2. The van der Waals surface area contributed by atoms with Crippen LogP contribution in [0.2, 0.25) is 0 Å². The summed E-state index contributed by atoms with van der Waals surface area (Å²) in [6.45, 7) is 0.774. The molecule has 1 aromatic carbocycles. The first kappa shape index (κ1) is 14.3. The fraction of sp³-hybridized carbons (Fsp3) is 0.429. The Kier molecular flexibility index (Phi) is 5.22. The van der Waals surface area contributed by atoms with Gasteiger partial charge in [0.15, 0.2) is 0 Å². The SMILES string of the molecule is NC(=S)C1CCCCN1C(=O)CSc1ccccc1. The van der Waals surface area contributed by atoms with Crippen molar-refractivity contribution in [2.24, 2.45) is 5.73 Å². The molecule has 1 unspecified atom stereocenters. The lowest BCUT2D eigenvalue weighted by Crippen LogP contribution is -2.50.